The molecule has 2 N–H and O–H groups in total. The van der Waals surface area contributed by atoms with E-state index in [1.807, 2.05) is 0 Å². The molecule has 0 aromatic heterocycles. The minimum Gasteiger partial charge on any atom is -0.341 e. The van der Waals surface area contributed by atoms with Crippen molar-refractivity contribution in [1.29, 1.82) is 0 Å². The molecule has 0 saturated carbocycles. The third-order valence-corrected chi connectivity index (χ3v) is 3.40. The van der Waals surface area contributed by atoms with Crippen molar-refractivity contribution in [3.8, 4) is 0 Å². The summed E-state index contributed by atoms with van der Waals surface area (Å²) in [5.41, 5.74) is 7.15. The molecule has 1 aromatic carbocycles. The van der Waals surface area contributed by atoms with Gasteiger partial charge in [-0.2, -0.15) is 0 Å². The number of likely N-dealkylation sites (tertiary alicyclic amines) is 1. The first kappa shape index (κ1) is 12.0. The van der Waals surface area contributed by atoms with Gasteiger partial charge >= 0.3 is 0 Å². The van der Waals surface area contributed by atoms with Gasteiger partial charge in [-0.05, 0) is 24.1 Å². The summed E-state index contributed by atoms with van der Waals surface area (Å²) in [6, 6.07) is 6.41. The molecule has 1 aliphatic rings. The van der Waals surface area contributed by atoms with Gasteiger partial charge in [-0.3, -0.25) is 4.79 Å². The van der Waals surface area contributed by atoms with Crippen LogP contribution in [0.4, 0.5) is 4.39 Å². The Morgan fingerprint density at radius 1 is 1.41 bits per heavy atom. The molecule has 0 bridgehead atoms. The predicted octanol–water partition coefficient (Wildman–Crippen LogP) is 1.49. The van der Waals surface area contributed by atoms with Crippen LogP contribution in [0.15, 0.2) is 24.3 Å². The quantitative estimate of drug-likeness (QED) is 0.803. The van der Waals surface area contributed by atoms with Crippen LogP contribution in [0.3, 0.4) is 0 Å². The standard InChI is InChI=1S/C13H17FN2O/c1-9(17)16-7-6-12(13(15)8-16)10-2-4-11(14)5-3-10/h2-5,12-13H,6-8,15H2,1H3. The van der Waals surface area contributed by atoms with Crippen molar-refractivity contribution in [1.82, 2.24) is 4.90 Å². The largest absolute Gasteiger partial charge is 0.341 e. The molecule has 1 saturated heterocycles. The first-order valence-corrected chi connectivity index (χ1v) is 5.84. The first-order chi connectivity index (χ1) is 8.08. The van der Waals surface area contributed by atoms with Crippen molar-refractivity contribution in [3.05, 3.63) is 35.6 Å². The summed E-state index contributed by atoms with van der Waals surface area (Å²) in [4.78, 5) is 13.0. The Kier molecular flexibility index (Phi) is 3.43. The number of hydrogen-bond donors (Lipinski definition) is 1. The lowest BCUT2D eigenvalue weighted by atomic mass is 9.86. The highest BCUT2D eigenvalue weighted by Crippen LogP contribution is 2.27. The van der Waals surface area contributed by atoms with E-state index in [1.54, 1.807) is 24.0 Å². The highest BCUT2D eigenvalue weighted by atomic mass is 19.1. The molecule has 1 amide bonds. The van der Waals surface area contributed by atoms with Gasteiger partial charge in [-0.15, -0.1) is 0 Å². The highest BCUT2D eigenvalue weighted by Gasteiger charge is 2.28. The summed E-state index contributed by atoms with van der Waals surface area (Å²) in [6.45, 7) is 2.87. The maximum Gasteiger partial charge on any atom is 0.219 e. The number of benzene rings is 1. The average molecular weight is 236 g/mol. The van der Waals surface area contributed by atoms with Crippen LogP contribution in [0, 0.1) is 5.82 Å². The molecule has 3 nitrogen and oxygen atoms in total. The van der Waals surface area contributed by atoms with E-state index in [2.05, 4.69) is 0 Å². The lowest BCUT2D eigenvalue weighted by molar-refractivity contribution is -0.130. The lowest BCUT2D eigenvalue weighted by Crippen LogP contribution is -2.48. The Labute approximate surface area is 100 Å². The third-order valence-electron chi connectivity index (χ3n) is 3.40. The second-order valence-corrected chi connectivity index (χ2v) is 4.58. The zero-order chi connectivity index (χ0) is 12.4. The van der Waals surface area contributed by atoms with Crippen LogP contribution < -0.4 is 5.73 Å². The van der Waals surface area contributed by atoms with Crippen LogP contribution in [0.25, 0.3) is 0 Å². The Morgan fingerprint density at radius 3 is 2.59 bits per heavy atom. The fourth-order valence-corrected chi connectivity index (χ4v) is 2.39. The van der Waals surface area contributed by atoms with E-state index in [-0.39, 0.29) is 23.7 Å². The van der Waals surface area contributed by atoms with E-state index in [9.17, 15) is 9.18 Å². The van der Waals surface area contributed by atoms with E-state index in [0.29, 0.717) is 6.54 Å². The Balaban J connectivity index is 2.09. The summed E-state index contributed by atoms with van der Waals surface area (Å²) in [5.74, 6) is 0.0488. The molecular weight excluding hydrogens is 219 g/mol. The minimum atomic E-state index is -0.233. The van der Waals surface area contributed by atoms with Crippen molar-refractivity contribution < 1.29 is 9.18 Å². The minimum absolute atomic E-state index is 0.0676. The first-order valence-electron chi connectivity index (χ1n) is 5.84. The number of rotatable bonds is 1. The molecular formula is C13H17FN2O. The second-order valence-electron chi connectivity index (χ2n) is 4.58. The summed E-state index contributed by atoms with van der Waals surface area (Å²) in [7, 11) is 0. The molecule has 1 aliphatic heterocycles. The van der Waals surface area contributed by atoms with Crippen LogP contribution in [0.5, 0.6) is 0 Å². The summed E-state index contributed by atoms with van der Waals surface area (Å²) >= 11 is 0. The van der Waals surface area contributed by atoms with Gasteiger partial charge in [0.05, 0.1) is 0 Å². The summed E-state index contributed by atoms with van der Waals surface area (Å²) in [5, 5.41) is 0. The van der Waals surface area contributed by atoms with Gasteiger partial charge < -0.3 is 10.6 Å². The van der Waals surface area contributed by atoms with E-state index in [4.69, 9.17) is 5.73 Å². The van der Waals surface area contributed by atoms with Gasteiger partial charge in [0.25, 0.3) is 0 Å². The number of carbonyl (C=O) groups is 1. The zero-order valence-electron chi connectivity index (χ0n) is 9.90. The molecule has 17 heavy (non-hydrogen) atoms. The molecule has 0 spiro atoms. The number of carbonyl (C=O) groups excluding carboxylic acids is 1. The Morgan fingerprint density at radius 2 is 2.06 bits per heavy atom. The highest BCUT2D eigenvalue weighted by molar-refractivity contribution is 5.73. The topological polar surface area (TPSA) is 46.3 Å². The maximum atomic E-state index is 12.8. The number of nitrogens with two attached hydrogens (primary N) is 1. The predicted molar refractivity (Wildman–Crippen MR) is 64.0 cm³/mol. The van der Waals surface area contributed by atoms with E-state index >= 15 is 0 Å². The smallest absolute Gasteiger partial charge is 0.219 e. The van der Waals surface area contributed by atoms with E-state index < -0.39 is 0 Å². The van der Waals surface area contributed by atoms with Gasteiger partial charge in [0.1, 0.15) is 5.82 Å². The van der Waals surface area contributed by atoms with Crippen molar-refractivity contribution in [2.45, 2.75) is 25.3 Å². The lowest BCUT2D eigenvalue weighted by Gasteiger charge is -2.36. The van der Waals surface area contributed by atoms with Crippen LogP contribution in [-0.4, -0.2) is 29.9 Å². The SMILES string of the molecule is CC(=O)N1CCC(c2ccc(F)cc2)C(N)C1. The second kappa shape index (κ2) is 4.84. The van der Waals surface area contributed by atoms with Gasteiger partial charge in [0.15, 0.2) is 0 Å². The normalized spacial score (nSPS) is 24.8. The van der Waals surface area contributed by atoms with E-state index in [0.717, 1.165) is 18.5 Å². The molecule has 2 unspecified atom stereocenters. The van der Waals surface area contributed by atoms with Crippen molar-refractivity contribution in [2.24, 2.45) is 5.73 Å². The Bertz CT molecular complexity index is 404. The molecule has 2 rings (SSSR count). The monoisotopic (exact) mass is 236 g/mol. The van der Waals surface area contributed by atoms with Crippen molar-refractivity contribution >= 4 is 5.91 Å². The number of nitrogens with zero attached hydrogens (tertiary/aromatic N) is 1. The maximum absolute atomic E-state index is 12.8. The van der Waals surface area contributed by atoms with Gasteiger partial charge in [0.2, 0.25) is 5.91 Å². The van der Waals surface area contributed by atoms with Crippen molar-refractivity contribution in [3.63, 3.8) is 0 Å². The summed E-state index contributed by atoms with van der Waals surface area (Å²) in [6.07, 6.45) is 0.840. The van der Waals surface area contributed by atoms with Gasteiger partial charge in [-0.25, -0.2) is 4.39 Å². The molecule has 0 aliphatic carbocycles. The fourth-order valence-electron chi connectivity index (χ4n) is 2.39. The molecule has 92 valence electrons. The fraction of sp³-hybridized carbons (Fsp3) is 0.462. The molecule has 0 radical (unpaired) electrons. The molecule has 4 heteroatoms. The van der Waals surface area contributed by atoms with Crippen LogP contribution in [0.1, 0.15) is 24.8 Å². The summed E-state index contributed by atoms with van der Waals surface area (Å²) < 4.78 is 12.8. The third kappa shape index (κ3) is 2.64. The number of piperidine rings is 1. The average Bonchev–Trinajstić information content (AvgIpc) is 2.30. The van der Waals surface area contributed by atoms with Crippen LogP contribution in [0.2, 0.25) is 0 Å². The van der Waals surface area contributed by atoms with Crippen LogP contribution in [-0.2, 0) is 4.79 Å². The van der Waals surface area contributed by atoms with Crippen molar-refractivity contribution in [2.75, 3.05) is 13.1 Å². The number of hydrogen-bond acceptors (Lipinski definition) is 2. The van der Waals surface area contributed by atoms with Gasteiger partial charge in [0, 0.05) is 32.0 Å². The number of halogens is 1. The Hall–Kier alpha value is -1.42. The van der Waals surface area contributed by atoms with E-state index in [1.165, 1.54) is 12.1 Å². The number of amides is 1. The molecule has 1 heterocycles. The molecule has 2 atom stereocenters. The zero-order valence-corrected chi connectivity index (χ0v) is 9.90. The molecule has 1 aromatic rings. The van der Waals surface area contributed by atoms with Gasteiger partial charge in [-0.1, -0.05) is 12.1 Å². The van der Waals surface area contributed by atoms with Crippen LogP contribution >= 0.6 is 0 Å². The molecule has 1 fully saturated rings.